The van der Waals surface area contributed by atoms with Gasteiger partial charge in [0.15, 0.2) is 0 Å². The van der Waals surface area contributed by atoms with Gasteiger partial charge in [0.05, 0.1) is 56.9 Å². The van der Waals surface area contributed by atoms with Gasteiger partial charge in [0.2, 0.25) is 0 Å². The highest BCUT2D eigenvalue weighted by Gasteiger charge is 2.49. The Labute approximate surface area is 674 Å². The summed E-state index contributed by atoms with van der Waals surface area (Å²) in [5.41, 5.74) is 33.0. The zero-order valence-electron chi connectivity index (χ0n) is 62.9. The zero-order valence-corrected chi connectivity index (χ0v) is 62.9. The maximum Gasteiger partial charge on any atom is 0.256 e. The van der Waals surface area contributed by atoms with Gasteiger partial charge in [-0.25, -0.2) is 0 Å². The fourth-order valence-corrected chi connectivity index (χ4v) is 18.3. The summed E-state index contributed by atoms with van der Waals surface area (Å²) in [7, 11) is 0. The van der Waals surface area contributed by atoms with Crippen LogP contribution < -0.4 is 62.0 Å². The van der Waals surface area contributed by atoms with Gasteiger partial charge in [-0.2, -0.15) is 0 Å². The summed E-state index contributed by atoms with van der Waals surface area (Å²) >= 11 is 0. The number of pyridine rings is 4. The van der Waals surface area contributed by atoms with E-state index >= 15 is 0 Å². The first kappa shape index (κ1) is 67.5. The molecule has 14 aromatic carbocycles. The molecule has 8 heterocycles. The molecule has 0 bridgehead atoms. The van der Waals surface area contributed by atoms with Crippen molar-refractivity contribution in [3.05, 3.63) is 419 Å². The van der Waals surface area contributed by atoms with Crippen LogP contribution in [0.25, 0.3) is 67.3 Å². The van der Waals surface area contributed by atoms with Gasteiger partial charge in [0.1, 0.15) is 11.5 Å². The number of benzene rings is 14. The van der Waals surface area contributed by atoms with Gasteiger partial charge in [-0.15, -0.1) is 0 Å². The predicted molar refractivity (Wildman–Crippen MR) is 479 cm³/mol. The monoisotopic (exact) mass is 1480 g/mol. The Hall–Kier alpha value is -15.4. The molecule has 4 aliphatic rings. The third-order valence-corrected chi connectivity index (χ3v) is 23.0. The van der Waals surface area contributed by atoms with Crippen LogP contribution in [-0.2, 0) is 0 Å². The molecule has 4 aliphatic heterocycles. The molecule has 542 valence electrons. The van der Waals surface area contributed by atoms with E-state index in [0.29, 0.717) is 5.75 Å². The first-order valence-corrected chi connectivity index (χ1v) is 39.4. The highest BCUT2D eigenvalue weighted by atomic mass is 16.5. The van der Waals surface area contributed by atoms with E-state index in [-0.39, 0.29) is 13.4 Å². The van der Waals surface area contributed by atoms with Gasteiger partial charge < -0.3 is 29.2 Å². The third kappa shape index (κ3) is 11.3. The summed E-state index contributed by atoms with van der Waals surface area (Å²) in [4.78, 5) is 33.0. The zero-order chi connectivity index (χ0) is 76.6. The standard InChI is InChI=1S/C104H69B2N9O/c1-6-34-70(35-7-1)77-44-16-20-56-91(77)111(72-38-10-3-11-39-72)75-64-96-101-97(65-75)114(92-57-21-17-45-78(92)71-36-8-2-9-37-71)93-58-22-18-50-83(93)105(101)85-68-86-99(69-95(85)113(96)74-42-14-5-15-43-74)116-100-67-76(112(73-40-12-4-13-41-73)103-79(87-52-24-28-60-107-87)46-32-47-80(103)88-53-25-29-61-108-88)66-98-102(100)106(86)84-51-19-23-59-94(84)115(98)104-81(89-54-26-30-62-109-89)48-33-49-82(104)90-55-27-31-63-110-90/h1-69H. The van der Waals surface area contributed by atoms with Gasteiger partial charge in [-0.3, -0.25) is 19.9 Å². The van der Waals surface area contributed by atoms with Crippen LogP contribution in [0.1, 0.15) is 0 Å². The highest BCUT2D eigenvalue weighted by molar-refractivity contribution is 7.02. The Kier molecular flexibility index (Phi) is 16.5. The van der Waals surface area contributed by atoms with E-state index in [1.165, 1.54) is 10.9 Å². The molecule has 0 N–H and O–H groups in total. The predicted octanol–water partition coefficient (Wildman–Crippen LogP) is 22.7. The molecule has 10 nitrogen and oxygen atoms in total. The van der Waals surface area contributed by atoms with Crippen LogP contribution in [0.4, 0.5) is 85.3 Å². The smallest absolute Gasteiger partial charge is 0.256 e. The number of anilines is 15. The number of fused-ring (bicyclic) bond motifs is 8. The van der Waals surface area contributed by atoms with Gasteiger partial charge in [0.25, 0.3) is 13.4 Å². The molecule has 4 aromatic heterocycles. The van der Waals surface area contributed by atoms with Crippen molar-refractivity contribution in [3.8, 4) is 78.8 Å². The minimum atomic E-state index is -0.378. The summed E-state index contributed by atoms with van der Waals surface area (Å²) in [5, 5.41) is 0. The van der Waals surface area contributed by atoms with E-state index in [1.54, 1.807) is 0 Å². The Morgan fingerprint density at radius 1 is 0.241 bits per heavy atom. The molecule has 0 amide bonds. The van der Waals surface area contributed by atoms with E-state index in [0.717, 1.165) is 180 Å². The molecule has 116 heavy (non-hydrogen) atoms. The third-order valence-electron chi connectivity index (χ3n) is 23.0. The van der Waals surface area contributed by atoms with E-state index in [4.69, 9.17) is 24.7 Å². The molecule has 0 fully saturated rings. The second-order valence-electron chi connectivity index (χ2n) is 29.5. The van der Waals surface area contributed by atoms with E-state index in [2.05, 4.69) is 395 Å². The summed E-state index contributed by atoms with van der Waals surface area (Å²) in [6, 6.07) is 142. The van der Waals surface area contributed by atoms with E-state index < -0.39 is 0 Å². The van der Waals surface area contributed by atoms with Crippen LogP contribution in [0.3, 0.4) is 0 Å². The average Bonchev–Trinajstić information content (AvgIpc) is 0.685. The summed E-state index contributed by atoms with van der Waals surface area (Å²) < 4.78 is 8.18. The van der Waals surface area contributed by atoms with Crippen molar-refractivity contribution >= 4 is 132 Å². The van der Waals surface area contributed by atoms with Crippen molar-refractivity contribution in [2.24, 2.45) is 0 Å². The molecular formula is C104H69B2N9O. The Balaban J connectivity index is 0.843. The largest absolute Gasteiger partial charge is 0.458 e. The molecular weight excluding hydrogens is 1410 g/mol. The second kappa shape index (κ2) is 28.4. The molecule has 18 aromatic rings. The number of para-hydroxylation sites is 9. The minimum Gasteiger partial charge on any atom is -0.458 e. The summed E-state index contributed by atoms with van der Waals surface area (Å²) in [5.74, 6) is 1.45. The molecule has 0 aliphatic carbocycles. The number of nitrogens with zero attached hydrogens (tertiary/aromatic N) is 9. The quantitative estimate of drug-likeness (QED) is 0.0927. The number of hydrogen-bond donors (Lipinski definition) is 0. The summed E-state index contributed by atoms with van der Waals surface area (Å²) in [6.45, 7) is -0.680. The lowest BCUT2D eigenvalue weighted by Crippen LogP contribution is -2.64. The fraction of sp³-hybridized carbons (Fsp3) is 0. The molecule has 0 unspecified atom stereocenters. The molecule has 0 saturated heterocycles. The first-order valence-electron chi connectivity index (χ1n) is 39.4. The van der Waals surface area contributed by atoms with Crippen molar-refractivity contribution in [2.75, 3.05) is 24.5 Å². The SMILES string of the molecule is c1ccc(-c2ccccc2N(c2ccccc2)c2cc3c4c(c2)N(c2ccccc2-c2ccccc2)c2ccccc2B4c2cc4c(cc2N3c2ccccc2)Oc2cc(N(c3ccccc3)c3c(-c5ccccn5)cccc3-c3ccccn3)cc3c2B4c2ccccc2N3c2c(-c3ccccn3)cccc2-c2ccccn2)cc1. The van der Waals surface area contributed by atoms with Crippen LogP contribution in [-0.4, -0.2) is 33.4 Å². The maximum absolute atomic E-state index is 8.18. The number of aromatic nitrogens is 4. The minimum absolute atomic E-state index is 0.302. The molecule has 12 heteroatoms. The van der Waals surface area contributed by atoms with Crippen molar-refractivity contribution in [1.29, 1.82) is 0 Å². The summed E-state index contributed by atoms with van der Waals surface area (Å²) in [6.07, 6.45) is 7.51. The highest BCUT2D eigenvalue weighted by Crippen LogP contribution is 2.56. The van der Waals surface area contributed by atoms with Gasteiger partial charge in [0, 0.05) is 121 Å². The molecule has 0 spiro atoms. The Morgan fingerprint density at radius 2 is 0.655 bits per heavy atom. The van der Waals surface area contributed by atoms with Crippen molar-refractivity contribution < 1.29 is 4.74 Å². The van der Waals surface area contributed by atoms with Crippen molar-refractivity contribution in [2.45, 2.75) is 0 Å². The topological polar surface area (TPSA) is 77.0 Å². The second-order valence-corrected chi connectivity index (χ2v) is 29.5. The average molecular weight is 1480 g/mol. The lowest BCUT2D eigenvalue weighted by molar-refractivity contribution is 0.488. The van der Waals surface area contributed by atoms with Crippen LogP contribution in [0.5, 0.6) is 11.5 Å². The van der Waals surface area contributed by atoms with Crippen LogP contribution in [0.15, 0.2) is 419 Å². The molecule has 0 radical (unpaired) electrons. The van der Waals surface area contributed by atoms with Gasteiger partial charge in [-0.1, -0.05) is 255 Å². The number of hydrogen-bond acceptors (Lipinski definition) is 10. The van der Waals surface area contributed by atoms with Crippen LogP contribution in [0.2, 0.25) is 0 Å². The molecule has 0 saturated carbocycles. The maximum atomic E-state index is 8.18. The first-order chi connectivity index (χ1) is 57.6. The Bertz CT molecular complexity index is 6660. The fourth-order valence-electron chi connectivity index (χ4n) is 18.3. The Morgan fingerprint density at radius 3 is 1.22 bits per heavy atom. The van der Waals surface area contributed by atoms with E-state index in [1.807, 2.05) is 49.1 Å². The van der Waals surface area contributed by atoms with E-state index in [9.17, 15) is 0 Å². The molecule has 0 atom stereocenters. The van der Waals surface area contributed by atoms with Gasteiger partial charge >= 0.3 is 0 Å². The normalized spacial score (nSPS) is 12.5. The lowest BCUT2D eigenvalue weighted by atomic mass is 9.30. The van der Waals surface area contributed by atoms with Gasteiger partial charge in [-0.05, 0) is 171 Å². The van der Waals surface area contributed by atoms with Crippen molar-refractivity contribution in [3.63, 3.8) is 0 Å². The van der Waals surface area contributed by atoms with Crippen LogP contribution >= 0.6 is 0 Å². The molecule has 22 rings (SSSR count). The number of rotatable bonds is 15. The number of ether oxygens (including phenoxy) is 1. The lowest BCUT2D eigenvalue weighted by Gasteiger charge is -2.46. The van der Waals surface area contributed by atoms with Crippen molar-refractivity contribution in [1.82, 2.24) is 19.9 Å². The van der Waals surface area contributed by atoms with Crippen LogP contribution in [0, 0.1) is 0 Å².